The number of fused-ring (bicyclic) bond motifs is 1. The maximum Gasteiger partial charge on any atom is 0.0799 e. The average molecular weight is 163 g/mol. The van der Waals surface area contributed by atoms with E-state index in [4.69, 9.17) is 5.73 Å². The molecule has 0 saturated carbocycles. The van der Waals surface area contributed by atoms with E-state index in [1.807, 2.05) is 18.2 Å². The van der Waals surface area contributed by atoms with Crippen molar-refractivity contribution >= 4 is 0 Å². The number of hydrogen-bond donors (Lipinski definition) is 2. The zero-order valence-electron chi connectivity index (χ0n) is 6.90. The quantitative estimate of drug-likeness (QED) is 0.652. The lowest BCUT2D eigenvalue weighted by atomic mass is 10.0. The second-order valence-corrected chi connectivity index (χ2v) is 3.31. The highest BCUT2D eigenvalue weighted by Crippen LogP contribution is 2.38. The van der Waals surface area contributed by atoms with Crippen molar-refractivity contribution in [3.63, 3.8) is 0 Å². The van der Waals surface area contributed by atoms with E-state index in [0.717, 1.165) is 12.0 Å². The van der Waals surface area contributed by atoms with Crippen LogP contribution in [0, 0.1) is 0 Å². The molecule has 0 heterocycles. The van der Waals surface area contributed by atoms with E-state index in [-0.39, 0.29) is 6.10 Å². The lowest BCUT2D eigenvalue weighted by Crippen LogP contribution is -2.09. The summed E-state index contributed by atoms with van der Waals surface area (Å²) in [7, 11) is 0. The normalized spacial score (nSPS) is 27.2. The van der Waals surface area contributed by atoms with Gasteiger partial charge in [0.15, 0.2) is 0 Å². The molecule has 64 valence electrons. The summed E-state index contributed by atoms with van der Waals surface area (Å²) in [6.45, 7) is 0.633. The Hall–Kier alpha value is -0.860. The predicted molar refractivity (Wildman–Crippen MR) is 47.8 cm³/mol. The maximum atomic E-state index is 9.63. The molecule has 0 saturated heterocycles. The molecule has 0 aliphatic heterocycles. The third-order valence-electron chi connectivity index (χ3n) is 2.59. The molecule has 0 bridgehead atoms. The smallest absolute Gasteiger partial charge is 0.0799 e. The summed E-state index contributed by atoms with van der Waals surface area (Å²) >= 11 is 0. The molecule has 0 fully saturated rings. The fraction of sp³-hybridized carbons (Fsp3) is 0.400. The van der Waals surface area contributed by atoms with Gasteiger partial charge in [-0.2, -0.15) is 0 Å². The molecule has 0 aromatic heterocycles. The summed E-state index contributed by atoms with van der Waals surface area (Å²) < 4.78 is 0. The van der Waals surface area contributed by atoms with Gasteiger partial charge in [-0.25, -0.2) is 0 Å². The lowest BCUT2D eigenvalue weighted by molar-refractivity contribution is 0.173. The Bertz CT molecular complexity index is 285. The van der Waals surface area contributed by atoms with Crippen LogP contribution in [0.4, 0.5) is 0 Å². The van der Waals surface area contributed by atoms with E-state index >= 15 is 0 Å². The maximum absolute atomic E-state index is 9.63. The number of aliphatic hydroxyl groups is 1. The van der Waals surface area contributed by atoms with Crippen LogP contribution in [0.25, 0.3) is 0 Å². The van der Waals surface area contributed by atoms with Gasteiger partial charge in [-0.1, -0.05) is 24.3 Å². The fourth-order valence-electron chi connectivity index (χ4n) is 1.93. The second-order valence-electron chi connectivity index (χ2n) is 3.31. The minimum atomic E-state index is -0.297. The van der Waals surface area contributed by atoms with Gasteiger partial charge in [0.05, 0.1) is 6.10 Å². The highest BCUT2D eigenvalue weighted by molar-refractivity contribution is 5.36. The molecule has 2 atom stereocenters. The minimum absolute atomic E-state index is 0.297. The average Bonchev–Trinajstić information content (AvgIpc) is 2.44. The summed E-state index contributed by atoms with van der Waals surface area (Å²) in [6, 6.07) is 8.00. The molecule has 0 spiro atoms. The predicted octanol–water partition coefficient (Wildman–Crippen LogP) is 1.17. The van der Waals surface area contributed by atoms with Gasteiger partial charge in [0, 0.05) is 0 Å². The molecule has 1 aromatic rings. The molecule has 2 nitrogen and oxygen atoms in total. The molecule has 2 heteroatoms. The standard InChI is InChI=1S/C10H13NO/c11-6-7-5-10(12)9-4-2-1-3-8(7)9/h1-4,7,10,12H,5-6,11H2. The third-order valence-corrected chi connectivity index (χ3v) is 2.59. The Kier molecular flexibility index (Phi) is 1.87. The van der Waals surface area contributed by atoms with Gasteiger partial charge in [0.1, 0.15) is 0 Å². The van der Waals surface area contributed by atoms with Crippen LogP contribution in [0.3, 0.4) is 0 Å². The van der Waals surface area contributed by atoms with Crippen molar-refractivity contribution in [2.75, 3.05) is 6.54 Å². The van der Waals surface area contributed by atoms with Gasteiger partial charge >= 0.3 is 0 Å². The van der Waals surface area contributed by atoms with Crippen molar-refractivity contribution in [1.82, 2.24) is 0 Å². The van der Waals surface area contributed by atoms with E-state index in [1.54, 1.807) is 0 Å². The Morgan fingerprint density at radius 1 is 1.33 bits per heavy atom. The van der Waals surface area contributed by atoms with E-state index in [0.29, 0.717) is 12.5 Å². The summed E-state index contributed by atoms with van der Waals surface area (Å²) in [5, 5.41) is 9.63. The van der Waals surface area contributed by atoms with E-state index in [2.05, 4.69) is 6.07 Å². The molecular formula is C10H13NO. The largest absolute Gasteiger partial charge is 0.388 e. The molecular weight excluding hydrogens is 150 g/mol. The van der Waals surface area contributed by atoms with Gasteiger partial charge in [-0.3, -0.25) is 0 Å². The number of benzene rings is 1. The topological polar surface area (TPSA) is 46.2 Å². The number of hydrogen-bond acceptors (Lipinski definition) is 2. The molecule has 1 aliphatic rings. The van der Waals surface area contributed by atoms with Crippen LogP contribution in [-0.2, 0) is 0 Å². The van der Waals surface area contributed by atoms with Crippen molar-refractivity contribution in [2.45, 2.75) is 18.4 Å². The minimum Gasteiger partial charge on any atom is -0.388 e. The van der Waals surface area contributed by atoms with Crippen molar-refractivity contribution in [1.29, 1.82) is 0 Å². The summed E-state index contributed by atoms with van der Waals surface area (Å²) in [5.74, 6) is 0.358. The third kappa shape index (κ3) is 1.04. The van der Waals surface area contributed by atoms with E-state index in [9.17, 15) is 5.11 Å². The zero-order chi connectivity index (χ0) is 8.55. The summed E-state index contributed by atoms with van der Waals surface area (Å²) in [5.41, 5.74) is 7.89. The Labute approximate surface area is 72.0 Å². The molecule has 12 heavy (non-hydrogen) atoms. The molecule has 2 unspecified atom stereocenters. The van der Waals surface area contributed by atoms with Gasteiger partial charge in [0.2, 0.25) is 0 Å². The molecule has 0 radical (unpaired) electrons. The van der Waals surface area contributed by atoms with Crippen LogP contribution in [0.15, 0.2) is 24.3 Å². The van der Waals surface area contributed by atoms with Crippen molar-refractivity contribution in [2.24, 2.45) is 5.73 Å². The van der Waals surface area contributed by atoms with Gasteiger partial charge in [-0.05, 0) is 30.0 Å². The summed E-state index contributed by atoms with van der Waals surface area (Å²) in [4.78, 5) is 0. The van der Waals surface area contributed by atoms with Crippen LogP contribution in [0.5, 0.6) is 0 Å². The first kappa shape index (κ1) is 7.77. The molecule has 3 N–H and O–H groups in total. The molecule has 2 rings (SSSR count). The van der Waals surface area contributed by atoms with Gasteiger partial charge in [0.25, 0.3) is 0 Å². The second kappa shape index (κ2) is 2.88. The highest BCUT2D eigenvalue weighted by Gasteiger charge is 2.27. The lowest BCUT2D eigenvalue weighted by Gasteiger charge is -2.05. The van der Waals surface area contributed by atoms with E-state index < -0.39 is 0 Å². The number of rotatable bonds is 1. The number of nitrogens with two attached hydrogens (primary N) is 1. The van der Waals surface area contributed by atoms with Crippen LogP contribution in [0.2, 0.25) is 0 Å². The van der Waals surface area contributed by atoms with Crippen molar-refractivity contribution in [3.05, 3.63) is 35.4 Å². The SMILES string of the molecule is NCC1CC(O)c2ccccc21. The molecule has 1 aromatic carbocycles. The first-order valence-electron chi connectivity index (χ1n) is 4.30. The van der Waals surface area contributed by atoms with Crippen molar-refractivity contribution in [3.8, 4) is 0 Å². The van der Waals surface area contributed by atoms with Crippen LogP contribution >= 0.6 is 0 Å². The zero-order valence-corrected chi connectivity index (χ0v) is 6.90. The Morgan fingerprint density at radius 2 is 2.00 bits per heavy atom. The van der Waals surface area contributed by atoms with E-state index in [1.165, 1.54) is 5.56 Å². The van der Waals surface area contributed by atoms with Gasteiger partial charge < -0.3 is 10.8 Å². The molecule has 1 aliphatic carbocycles. The Morgan fingerprint density at radius 3 is 2.67 bits per heavy atom. The highest BCUT2D eigenvalue weighted by atomic mass is 16.3. The first-order chi connectivity index (χ1) is 5.83. The number of aliphatic hydroxyl groups excluding tert-OH is 1. The monoisotopic (exact) mass is 163 g/mol. The first-order valence-corrected chi connectivity index (χ1v) is 4.30. The van der Waals surface area contributed by atoms with Gasteiger partial charge in [-0.15, -0.1) is 0 Å². The fourth-order valence-corrected chi connectivity index (χ4v) is 1.93. The van der Waals surface area contributed by atoms with Crippen molar-refractivity contribution < 1.29 is 5.11 Å². The van der Waals surface area contributed by atoms with Crippen LogP contribution < -0.4 is 5.73 Å². The molecule has 0 amide bonds. The van der Waals surface area contributed by atoms with Crippen LogP contribution in [-0.4, -0.2) is 11.7 Å². The summed E-state index contributed by atoms with van der Waals surface area (Å²) in [6.07, 6.45) is 0.491. The Balaban J connectivity index is 2.43. The van der Waals surface area contributed by atoms with Crippen LogP contribution in [0.1, 0.15) is 29.6 Å².